The molecule has 1 unspecified atom stereocenters. The van der Waals surface area contributed by atoms with Crippen LogP contribution in [0.3, 0.4) is 0 Å². The molecule has 2 N–H and O–H groups in total. The molecule has 0 bridgehead atoms. The van der Waals surface area contributed by atoms with Crippen LogP contribution in [-0.2, 0) is 0 Å². The summed E-state index contributed by atoms with van der Waals surface area (Å²) < 4.78 is 2.22. The molecule has 84 valence electrons. The van der Waals surface area contributed by atoms with Gasteiger partial charge in [0, 0.05) is 5.69 Å². The minimum absolute atomic E-state index is 0.431. The highest BCUT2D eigenvalue weighted by Crippen LogP contribution is 2.31. The van der Waals surface area contributed by atoms with E-state index in [0.29, 0.717) is 18.5 Å². The maximum atomic E-state index is 5.70. The Bertz CT molecular complexity index is 324. The second kappa shape index (κ2) is 4.35. The third-order valence-electron chi connectivity index (χ3n) is 3.64. The first-order valence-corrected chi connectivity index (χ1v) is 5.98. The molecule has 0 spiro atoms. The van der Waals surface area contributed by atoms with Crippen LogP contribution in [-0.4, -0.2) is 16.3 Å². The highest BCUT2D eigenvalue weighted by atomic mass is 15.3. The topological polar surface area (TPSA) is 43.8 Å². The largest absolute Gasteiger partial charge is 0.330 e. The molecule has 1 aromatic rings. The molecule has 3 nitrogen and oxygen atoms in total. The number of hydrogen-bond donors (Lipinski definition) is 1. The van der Waals surface area contributed by atoms with Crippen molar-refractivity contribution in [3.63, 3.8) is 0 Å². The summed E-state index contributed by atoms with van der Waals surface area (Å²) in [6.07, 6.45) is 7.29. The van der Waals surface area contributed by atoms with Crippen molar-refractivity contribution in [2.24, 2.45) is 5.73 Å². The van der Waals surface area contributed by atoms with E-state index in [4.69, 9.17) is 5.73 Å². The Hall–Kier alpha value is -0.830. The monoisotopic (exact) mass is 207 g/mol. The molecule has 1 fully saturated rings. The fourth-order valence-corrected chi connectivity index (χ4v) is 2.56. The molecular formula is C12H21N3. The maximum Gasteiger partial charge on any atom is 0.0527 e. The van der Waals surface area contributed by atoms with Crippen LogP contribution in [0.25, 0.3) is 0 Å². The van der Waals surface area contributed by atoms with Crippen molar-refractivity contribution in [3.8, 4) is 0 Å². The standard InChI is InChI=1S/C12H21N3/c1-9(7-13)12-8-14-15(10(12)2)11-5-3-4-6-11/h8-9,11H,3-7,13H2,1-2H3. The number of nitrogens with zero attached hydrogens (tertiary/aromatic N) is 2. The first-order chi connectivity index (χ1) is 7.24. The van der Waals surface area contributed by atoms with Gasteiger partial charge in [0.1, 0.15) is 0 Å². The Balaban J connectivity index is 2.22. The Kier molecular flexibility index (Phi) is 3.10. The van der Waals surface area contributed by atoms with Gasteiger partial charge in [0.25, 0.3) is 0 Å². The van der Waals surface area contributed by atoms with E-state index in [1.54, 1.807) is 0 Å². The normalized spacial score (nSPS) is 19.7. The lowest BCUT2D eigenvalue weighted by atomic mass is 10.0. The summed E-state index contributed by atoms with van der Waals surface area (Å²) in [6, 6.07) is 0.642. The van der Waals surface area contributed by atoms with E-state index < -0.39 is 0 Å². The molecule has 0 aromatic carbocycles. The summed E-state index contributed by atoms with van der Waals surface area (Å²) in [5.74, 6) is 0.431. The van der Waals surface area contributed by atoms with Gasteiger partial charge < -0.3 is 5.73 Å². The number of hydrogen-bond acceptors (Lipinski definition) is 2. The van der Waals surface area contributed by atoms with Gasteiger partial charge in [-0.25, -0.2) is 0 Å². The summed E-state index contributed by atoms with van der Waals surface area (Å²) in [5, 5.41) is 4.53. The maximum absolute atomic E-state index is 5.70. The summed E-state index contributed by atoms with van der Waals surface area (Å²) in [6.45, 7) is 5.05. The first-order valence-electron chi connectivity index (χ1n) is 5.98. The van der Waals surface area contributed by atoms with Crippen molar-refractivity contribution >= 4 is 0 Å². The fraction of sp³-hybridized carbons (Fsp3) is 0.750. The first kappa shape index (κ1) is 10.7. The van der Waals surface area contributed by atoms with Gasteiger partial charge >= 0.3 is 0 Å². The zero-order chi connectivity index (χ0) is 10.8. The zero-order valence-electron chi connectivity index (χ0n) is 9.74. The van der Waals surface area contributed by atoms with E-state index >= 15 is 0 Å². The van der Waals surface area contributed by atoms with Crippen molar-refractivity contribution in [1.82, 2.24) is 9.78 Å². The van der Waals surface area contributed by atoms with Gasteiger partial charge in [-0.3, -0.25) is 4.68 Å². The highest BCUT2D eigenvalue weighted by Gasteiger charge is 2.21. The molecule has 0 saturated heterocycles. The number of nitrogens with two attached hydrogens (primary N) is 1. The van der Waals surface area contributed by atoms with Crippen LogP contribution in [0.1, 0.15) is 55.8 Å². The van der Waals surface area contributed by atoms with Gasteiger partial charge in [0.05, 0.1) is 12.2 Å². The van der Waals surface area contributed by atoms with E-state index in [1.807, 2.05) is 6.20 Å². The molecule has 1 aromatic heterocycles. The van der Waals surface area contributed by atoms with Gasteiger partial charge in [0.2, 0.25) is 0 Å². The predicted octanol–water partition coefficient (Wildman–Crippen LogP) is 2.37. The average molecular weight is 207 g/mol. The fourth-order valence-electron chi connectivity index (χ4n) is 2.56. The van der Waals surface area contributed by atoms with Crippen molar-refractivity contribution in [2.75, 3.05) is 6.54 Å². The van der Waals surface area contributed by atoms with E-state index in [0.717, 1.165) is 0 Å². The highest BCUT2D eigenvalue weighted by molar-refractivity contribution is 5.21. The molecule has 1 heterocycles. The minimum atomic E-state index is 0.431. The second-order valence-corrected chi connectivity index (χ2v) is 4.70. The molecule has 0 amide bonds. The van der Waals surface area contributed by atoms with Gasteiger partial charge in [-0.15, -0.1) is 0 Å². The third-order valence-corrected chi connectivity index (χ3v) is 3.64. The minimum Gasteiger partial charge on any atom is -0.330 e. The Morgan fingerprint density at radius 3 is 2.80 bits per heavy atom. The Morgan fingerprint density at radius 2 is 2.20 bits per heavy atom. The molecule has 15 heavy (non-hydrogen) atoms. The molecule has 1 atom stereocenters. The second-order valence-electron chi connectivity index (χ2n) is 4.70. The van der Waals surface area contributed by atoms with Gasteiger partial charge in [-0.1, -0.05) is 19.8 Å². The van der Waals surface area contributed by atoms with E-state index in [2.05, 4.69) is 23.6 Å². The summed E-state index contributed by atoms with van der Waals surface area (Å²) >= 11 is 0. The molecular weight excluding hydrogens is 186 g/mol. The SMILES string of the molecule is Cc1c(C(C)CN)cnn1C1CCCC1. The van der Waals surface area contributed by atoms with Gasteiger partial charge in [0.15, 0.2) is 0 Å². The van der Waals surface area contributed by atoms with E-state index in [-0.39, 0.29) is 0 Å². The van der Waals surface area contributed by atoms with Crippen LogP contribution in [0.5, 0.6) is 0 Å². The molecule has 3 heteroatoms. The van der Waals surface area contributed by atoms with Crippen LogP contribution in [0, 0.1) is 6.92 Å². The van der Waals surface area contributed by atoms with Crippen LogP contribution in [0.4, 0.5) is 0 Å². The molecule has 1 aliphatic rings. The molecule has 1 aliphatic carbocycles. The van der Waals surface area contributed by atoms with E-state index in [9.17, 15) is 0 Å². The van der Waals surface area contributed by atoms with Crippen molar-refractivity contribution in [1.29, 1.82) is 0 Å². The van der Waals surface area contributed by atoms with Gasteiger partial charge in [-0.2, -0.15) is 5.10 Å². The Morgan fingerprint density at radius 1 is 1.53 bits per heavy atom. The van der Waals surface area contributed by atoms with Crippen molar-refractivity contribution in [3.05, 3.63) is 17.5 Å². The number of aromatic nitrogens is 2. The smallest absolute Gasteiger partial charge is 0.0527 e. The van der Waals surface area contributed by atoms with Crippen LogP contribution in [0.15, 0.2) is 6.20 Å². The number of rotatable bonds is 3. The summed E-state index contributed by atoms with van der Waals surface area (Å²) in [5.41, 5.74) is 8.34. The van der Waals surface area contributed by atoms with Crippen LogP contribution in [0.2, 0.25) is 0 Å². The van der Waals surface area contributed by atoms with E-state index in [1.165, 1.54) is 36.9 Å². The summed E-state index contributed by atoms with van der Waals surface area (Å²) in [7, 11) is 0. The molecule has 2 rings (SSSR count). The average Bonchev–Trinajstić information content (AvgIpc) is 2.85. The lowest BCUT2D eigenvalue weighted by Crippen LogP contribution is -2.12. The van der Waals surface area contributed by atoms with Crippen LogP contribution >= 0.6 is 0 Å². The van der Waals surface area contributed by atoms with Crippen LogP contribution < -0.4 is 5.73 Å². The lowest BCUT2D eigenvalue weighted by Gasteiger charge is -2.14. The Labute approximate surface area is 91.7 Å². The zero-order valence-corrected chi connectivity index (χ0v) is 9.74. The molecule has 0 aliphatic heterocycles. The van der Waals surface area contributed by atoms with Crippen molar-refractivity contribution < 1.29 is 0 Å². The van der Waals surface area contributed by atoms with Gasteiger partial charge in [-0.05, 0) is 37.8 Å². The predicted molar refractivity (Wildman–Crippen MR) is 61.9 cm³/mol. The lowest BCUT2D eigenvalue weighted by molar-refractivity contribution is 0.455. The third kappa shape index (κ3) is 1.93. The summed E-state index contributed by atoms with van der Waals surface area (Å²) in [4.78, 5) is 0. The molecule has 0 radical (unpaired) electrons. The van der Waals surface area contributed by atoms with Crippen molar-refractivity contribution in [2.45, 2.75) is 51.5 Å². The molecule has 1 saturated carbocycles. The quantitative estimate of drug-likeness (QED) is 0.827.